The minimum absolute atomic E-state index is 0.0178. The van der Waals surface area contributed by atoms with E-state index in [1.807, 2.05) is 24.3 Å². The Morgan fingerprint density at radius 3 is 2.36 bits per heavy atom. The van der Waals surface area contributed by atoms with Crippen LogP contribution < -0.4 is 9.47 Å². The second kappa shape index (κ2) is 6.65. The fourth-order valence-electron chi connectivity index (χ4n) is 2.81. The first-order valence-corrected chi connectivity index (χ1v) is 7.68. The summed E-state index contributed by atoms with van der Waals surface area (Å²) in [5.41, 5.74) is 3.45. The average molecular weight is 296 g/mol. The van der Waals surface area contributed by atoms with E-state index in [0.29, 0.717) is 5.75 Å². The van der Waals surface area contributed by atoms with E-state index in [1.54, 1.807) is 19.2 Å². The molecule has 3 nitrogen and oxygen atoms in total. The van der Waals surface area contributed by atoms with E-state index in [9.17, 15) is 4.79 Å². The number of methoxy groups -OCH3 is 1. The second-order valence-electron chi connectivity index (χ2n) is 5.58. The minimum atomic E-state index is 0.0178. The van der Waals surface area contributed by atoms with E-state index in [1.165, 1.54) is 24.0 Å². The van der Waals surface area contributed by atoms with E-state index in [-0.39, 0.29) is 12.4 Å². The van der Waals surface area contributed by atoms with Crippen LogP contribution in [-0.4, -0.2) is 19.5 Å². The third kappa shape index (κ3) is 3.30. The first kappa shape index (κ1) is 14.6. The molecule has 0 aliphatic heterocycles. The molecule has 1 aliphatic rings. The number of hydrogen-bond donors (Lipinski definition) is 0. The van der Waals surface area contributed by atoms with Gasteiger partial charge in [-0.05, 0) is 67.1 Å². The van der Waals surface area contributed by atoms with Crippen LogP contribution in [-0.2, 0) is 12.8 Å². The van der Waals surface area contributed by atoms with Crippen molar-refractivity contribution < 1.29 is 14.3 Å². The Labute approximate surface area is 130 Å². The van der Waals surface area contributed by atoms with Crippen molar-refractivity contribution in [3.63, 3.8) is 0 Å². The molecule has 0 aromatic heterocycles. The van der Waals surface area contributed by atoms with E-state index >= 15 is 0 Å². The van der Waals surface area contributed by atoms with Gasteiger partial charge in [-0.3, -0.25) is 4.79 Å². The molecular formula is C19H20O3. The highest BCUT2D eigenvalue weighted by Gasteiger charge is 2.13. The number of ether oxygens (including phenoxy) is 2. The molecule has 2 aromatic carbocycles. The highest BCUT2D eigenvalue weighted by atomic mass is 16.5. The number of carbonyl (C=O) groups excluding carboxylic acids is 1. The number of ketones is 1. The molecule has 0 heterocycles. The first-order chi connectivity index (χ1) is 10.8. The highest BCUT2D eigenvalue weighted by Crippen LogP contribution is 2.23. The average Bonchev–Trinajstić information content (AvgIpc) is 2.59. The van der Waals surface area contributed by atoms with Crippen molar-refractivity contribution in [2.45, 2.75) is 25.7 Å². The van der Waals surface area contributed by atoms with Gasteiger partial charge in [-0.2, -0.15) is 0 Å². The molecule has 0 saturated heterocycles. The van der Waals surface area contributed by atoms with Crippen molar-refractivity contribution in [2.24, 2.45) is 0 Å². The maximum atomic E-state index is 12.3. The van der Waals surface area contributed by atoms with Gasteiger partial charge in [0.05, 0.1) is 7.11 Å². The molecule has 114 valence electrons. The van der Waals surface area contributed by atoms with Crippen LogP contribution in [0.4, 0.5) is 0 Å². The molecule has 0 atom stereocenters. The lowest BCUT2D eigenvalue weighted by atomic mass is 9.90. The lowest BCUT2D eigenvalue weighted by Gasteiger charge is -2.16. The minimum Gasteiger partial charge on any atom is -0.497 e. The van der Waals surface area contributed by atoms with Gasteiger partial charge in [0, 0.05) is 5.56 Å². The lowest BCUT2D eigenvalue weighted by Crippen LogP contribution is -2.13. The molecule has 3 rings (SSSR count). The number of aryl methyl sites for hydroxylation is 2. The van der Waals surface area contributed by atoms with Crippen molar-refractivity contribution in [3.8, 4) is 11.5 Å². The van der Waals surface area contributed by atoms with Gasteiger partial charge in [0.15, 0.2) is 12.4 Å². The maximum absolute atomic E-state index is 12.3. The molecule has 22 heavy (non-hydrogen) atoms. The Kier molecular flexibility index (Phi) is 4.42. The quantitative estimate of drug-likeness (QED) is 0.787. The van der Waals surface area contributed by atoms with Gasteiger partial charge < -0.3 is 9.47 Å². The van der Waals surface area contributed by atoms with Crippen LogP contribution in [0.15, 0.2) is 42.5 Å². The highest BCUT2D eigenvalue weighted by molar-refractivity contribution is 5.97. The molecule has 0 radical (unpaired) electrons. The molecule has 0 saturated carbocycles. The van der Waals surface area contributed by atoms with Crippen molar-refractivity contribution >= 4 is 5.78 Å². The van der Waals surface area contributed by atoms with Crippen LogP contribution in [0.25, 0.3) is 0 Å². The van der Waals surface area contributed by atoms with Gasteiger partial charge in [-0.15, -0.1) is 0 Å². The molecule has 2 aromatic rings. The molecule has 0 unspecified atom stereocenters. The van der Waals surface area contributed by atoms with E-state index < -0.39 is 0 Å². The Morgan fingerprint density at radius 1 is 0.955 bits per heavy atom. The summed E-state index contributed by atoms with van der Waals surface area (Å²) in [7, 11) is 1.62. The summed E-state index contributed by atoms with van der Waals surface area (Å²) in [6, 6.07) is 13.3. The Morgan fingerprint density at radius 2 is 1.64 bits per heavy atom. The number of hydrogen-bond acceptors (Lipinski definition) is 3. The summed E-state index contributed by atoms with van der Waals surface area (Å²) >= 11 is 0. The molecule has 0 fully saturated rings. The standard InChI is InChI=1S/C19H20O3/c1-21-17-8-10-18(11-9-17)22-13-19(20)16-7-6-14-4-2-3-5-15(14)12-16/h6-12H,2-5,13H2,1H3. The van der Waals surface area contributed by atoms with Crippen molar-refractivity contribution in [3.05, 3.63) is 59.2 Å². The van der Waals surface area contributed by atoms with Gasteiger partial charge in [-0.25, -0.2) is 0 Å². The Balaban J connectivity index is 1.64. The van der Waals surface area contributed by atoms with Gasteiger partial charge in [0.1, 0.15) is 11.5 Å². The van der Waals surface area contributed by atoms with Crippen LogP contribution in [0.5, 0.6) is 11.5 Å². The third-order valence-corrected chi connectivity index (χ3v) is 4.10. The summed E-state index contributed by atoms with van der Waals surface area (Å²) < 4.78 is 10.7. The van der Waals surface area contributed by atoms with Crippen molar-refractivity contribution in [1.82, 2.24) is 0 Å². The number of fused-ring (bicyclic) bond motifs is 1. The first-order valence-electron chi connectivity index (χ1n) is 7.68. The Hall–Kier alpha value is -2.29. The fourth-order valence-corrected chi connectivity index (χ4v) is 2.81. The monoisotopic (exact) mass is 296 g/mol. The van der Waals surface area contributed by atoms with Crippen molar-refractivity contribution in [2.75, 3.05) is 13.7 Å². The predicted molar refractivity (Wildman–Crippen MR) is 85.9 cm³/mol. The van der Waals surface area contributed by atoms with Gasteiger partial charge in [-0.1, -0.05) is 12.1 Å². The fraction of sp³-hybridized carbons (Fsp3) is 0.316. The Bertz CT molecular complexity index is 659. The van der Waals surface area contributed by atoms with Crippen LogP contribution in [0, 0.1) is 0 Å². The summed E-state index contributed by atoms with van der Waals surface area (Å²) in [4.78, 5) is 12.3. The van der Waals surface area contributed by atoms with E-state index in [0.717, 1.165) is 24.2 Å². The van der Waals surface area contributed by atoms with Gasteiger partial charge in [0.2, 0.25) is 0 Å². The zero-order valence-electron chi connectivity index (χ0n) is 12.8. The third-order valence-electron chi connectivity index (χ3n) is 4.10. The number of rotatable bonds is 5. The van der Waals surface area contributed by atoms with Gasteiger partial charge in [0.25, 0.3) is 0 Å². The predicted octanol–water partition coefficient (Wildman–Crippen LogP) is 3.84. The van der Waals surface area contributed by atoms with Crippen LogP contribution in [0.2, 0.25) is 0 Å². The largest absolute Gasteiger partial charge is 0.497 e. The summed E-state index contributed by atoms with van der Waals surface area (Å²) in [6.07, 6.45) is 4.68. The smallest absolute Gasteiger partial charge is 0.200 e. The van der Waals surface area contributed by atoms with Crippen LogP contribution in [0.1, 0.15) is 34.3 Å². The molecule has 0 N–H and O–H groups in total. The second-order valence-corrected chi connectivity index (χ2v) is 5.58. The topological polar surface area (TPSA) is 35.5 Å². The molecule has 3 heteroatoms. The SMILES string of the molecule is COc1ccc(OCC(=O)c2ccc3c(c2)CCCC3)cc1. The summed E-state index contributed by atoms with van der Waals surface area (Å²) in [5.74, 6) is 1.46. The lowest BCUT2D eigenvalue weighted by molar-refractivity contribution is 0.0921. The zero-order chi connectivity index (χ0) is 15.4. The van der Waals surface area contributed by atoms with Crippen LogP contribution >= 0.6 is 0 Å². The summed E-state index contributed by atoms with van der Waals surface area (Å²) in [5, 5.41) is 0. The number of benzene rings is 2. The number of Topliss-reactive ketones (excluding diaryl/α,β-unsaturated/α-hetero) is 1. The molecular weight excluding hydrogens is 276 g/mol. The van der Waals surface area contributed by atoms with Crippen molar-refractivity contribution in [1.29, 1.82) is 0 Å². The van der Waals surface area contributed by atoms with Crippen LogP contribution in [0.3, 0.4) is 0 Å². The number of carbonyl (C=O) groups is 1. The van der Waals surface area contributed by atoms with Gasteiger partial charge >= 0.3 is 0 Å². The zero-order valence-corrected chi connectivity index (χ0v) is 12.8. The molecule has 0 bridgehead atoms. The molecule has 1 aliphatic carbocycles. The molecule has 0 amide bonds. The van der Waals surface area contributed by atoms with E-state index in [4.69, 9.17) is 9.47 Å². The maximum Gasteiger partial charge on any atom is 0.200 e. The summed E-state index contributed by atoms with van der Waals surface area (Å²) in [6.45, 7) is 0.0606. The molecule has 0 spiro atoms. The normalized spacial score (nSPS) is 13.3. The van der Waals surface area contributed by atoms with E-state index in [2.05, 4.69) is 6.07 Å².